The van der Waals surface area contributed by atoms with E-state index in [4.69, 9.17) is 4.74 Å². The molecule has 0 aliphatic heterocycles. The number of rotatable bonds is 7. The van der Waals surface area contributed by atoms with Crippen molar-refractivity contribution in [3.05, 3.63) is 0 Å². The van der Waals surface area contributed by atoms with Gasteiger partial charge in [-0.1, -0.05) is 20.8 Å². The second kappa shape index (κ2) is 6.38. The summed E-state index contributed by atoms with van der Waals surface area (Å²) in [7, 11) is 0. The summed E-state index contributed by atoms with van der Waals surface area (Å²) in [6, 6.07) is 0.354. The van der Waals surface area contributed by atoms with E-state index in [-0.39, 0.29) is 18.2 Å². The number of hydrogen-bond acceptors (Lipinski definition) is 3. The molecule has 0 fully saturated rings. The minimum atomic E-state index is -0.322. The molecule has 86 valence electrons. The van der Waals surface area contributed by atoms with Crippen LogP contribution in [0.1, 0.15) is 41.0 Å². The molecule has 2 unspecified atom stereocenters. The molecule has 0 amide bonds. The van der Waals surface area contributed by atoms with Gasteiger partial charge in [-0.05, 0) is 20.3 Å². The lowest BCUT2D eigenvalue weighted by Crippen LogP contribution is -2.52. The van der Waals surface area contributed by atoms with Gasteiger partial charge < -0.3 is 15.2 Å². The molecule has 0 saturated carbocycles. The van der Waals surface area contributed by atoms with E-state index in [2.05, 4.69) is 26.1 Å². The van der Waals surface area contributed by atoms with Crippen molar-refractivity contribution in [2.75, 3.05) is 13.2 Å². The molecule has 0 radical (unpaired) electrons. The number of hydrogen-bond donors (Lipinski definition) is 2. The molecule has 3 heteroatoms. The van der Waals surface area contributed by atoms with Crippen LogP contribution in [0.25, 0.3) is 0 Å². The fraction of sp³-hybridized carbons (Fsp3) is 1.00. The van der Waals surface area contributed by atoms with E-state index in [0.29, 0.717) is 12.6 Å². The van der Waals surface area contributed by atoms with Crippen LogP contribution in [-0.4, -0.2) is 36.0 Å². The highest BCUT2D eigenvalue weighted by atomic mass is 16.5. The molecule has 0 aromatic carbocycles. The molecular formula is C11H25NO2. The lowest BCUT2D eigenvalue weighted by atomic mass is 10.0. The first-order chi connectivity index (χ1) is 6.43. The Balaban J connectivity index is 3.98. The van der Waals surface area contributed by atoms with Gasteiger partial charge >= 0.3 is 0 Å². The predicted molar refractivity (Wildman–Crippen MR) is 59.5 cm³/mol. The first kappa shape index (κ1) is 13.9. The molecule has 0 heterocycles. The zero-order chi connectivity index (χ0) is 11.2. The van der Waals surface area contributed by atoms with Gasteiger partial charge in [0.05, 0.1) is 24.9 Å². The van der Waals surface area contributed by atoms with Gasteiger partial charge in [-0.25, -0.2) is 0 Å². The van der Waals surface area contributed by atoms with Crippen molar-refractivity contribution in [1.82, 2.24) is 5.32 Å². The summed E-state index contributed by atoms with van der Waals surface area (Å²) in [6.07, 6.45) is 1.26. The van der Waals surface area contributed by atoms with Crippen molar-refractivity contribution >= 4 is 0 Å². The minimum absolute atomic E-state index is 0.0988. The van der Waals surface area contributed by atoms with E-state index >= 15 is 0 Å². The quantitative estimate of drug-likeness (QED) is 0.659. The molecule has 0 bridgehead atoms. The van der Waals surface area contributed by atoms with Crippen LogP contribution in [-0.2, 0) is 4.74 Å². The maximum atomic E-state index is 9.28. The normalized spacial score (nSPS) is 18.2. The average Bonchev–Trinajstić information content (AvgIpc) is 2.13. The van der Waals surface area contributed by atoms with Crippen LogP contribution >= 0.6 is 0 Å². The maximum absolute atomic E-state index is 9.28. The fourth-order valence-electron chi connectivity index (χ4n) is 1.27. The highest BCUT2D eigenvalue weighted by molar-refractivity contribution is 4.83. The third-order valence-corrected chi connectivity index (χ3v) is 2.25. The zero-order valence-electron chi connectivity index (χ0n) is 10.1. The Bertz CT molecular complexity index is 150. The Hall–Kier alpha value is -0.120. The summed E-state index contributed by atoms with van der Waals surface area (Å²) in [5.41, 5.74) is -0.322. The molecule has 0 aliphatic rings. The van der Waals surface area contributed by atoms with Gasteiger partial charge in [0.25, 0.3) is 0 Å². The minimum Gasteiger partial charge on any atom is -0.394 e. The van der Waals surface area contributed by atoms with Crippen molar-refractivity contribution in [2.24, 2.45) is 0 Å². The molecule has 2 atom stereocenters. The van der Waals surface area contributed by atoms with Crippen LogP contribution in [0.2, 0.25) is 0 Å². The summed E-state index contributed by atoms with van der Waals surface area (Å²) in [4.78, 5) is 0. The van der Waals surface area contributed by atoms with Crippen molar-refractivity contribution in [2.45, 2.75) is 58.7 Å². The van der Waals surface area contributed by atoms with Gasteiger partial charge in [0.15, 0.2) is 0 Å². The molecular weight excluding hydrogens is 178 g/mol. The standard InChI is InChI=1S/C11H25NO2/c1-6-10(4)14-8-11(5,7-13)12-9(2)3/h9-10,12-13H,6-8H2,1-5H3. The molecule has 0 rings (SSSR count). The highest BCUT2D eigenvalue weighted by Crippen LogP contribution is 2.08. The van der Waals surface area contributed by atoms with E-state index in [0.717, 1.165) is 6.42 Å². The van der Waals surface area contributed by atoms with Gasteiger partial charge in [0.2, 0.25) is 0 Å². The monoisotopic (exact) mass is 203 g/mol. The number of aliphatic hydroxyl groups is 1. The summed E-state index contributed by atoms with van der Waals surface area (Å²) >= 11 is 0. The lowest BCUT2D eigenvalue weighted by Gasteiger charge is -2.31. The molecule has 0 saturated heterocycles. The van der Waals surface area contributed by atoms with Crippen LogP contribution in [0.3, 0.4) is 0 Å². The van der Waals surface area contributed by atoms with Crippen LogP contribution in [0.4, 0.5) is 0 Å². The van der Waals surface area contributed by atoms with Crippen molar-refractivity contribution in [3.63, 3.8) is 0 Å². The lowest BCUT2D eigenvalue weighted by molar-refractivity contribution is 0.000243. The van der Waals surface area contributed by atoms with Crippen LogP contribution in [0.5, 0.6) is 0 Å². The summed E-state index contributed by atoms with van der Waals surface area (Å²) in [6.45, 7) is 10.9. The Morgan fingerprint density at radius 2 is 1.93 bits per heavy atom. The van der Waals surface area contributed by atoms with E-state index in [9.17, 15) is 5.11 Å². The molecule has 0 aromatic heterocycles. The maximum Gasteiger partial charge on any atom is 0.0671 e. The fourth-order valence-corrected chi connectivity index (χ4v) is 1.27. The second-order valence-electron chi connectivity index (χ2n) is 4.55. The van der Waals surface area contributed by atoms with Crippen molar-refractivity contribution in [3.8, 4) is 0 Å². The number of ether oxygens (including phenoxy) is 1. The average molecular weight is 203 g/mol. The Morgan fingerprint density at radius 1 is 1.36 bits per heavy atom. The Labute approximate surface area is 87.8 Å². The summed E-state index contributed by atoms with van der Waals surface area (Å²) in [5, 5.41) is 12.6. The predicted octanol–water partition coefficient (Wildman–Crippen LogP) is 1.55. The second-order valence-corrected chi connectivity index (χ2v) is 4.55. The largest absolute Gasteiger partial charge is 0.394 e. The van der Waals surface area contributed by atoms with Gasteiger partial charge in [-0.15, -0.1) is 0 Å². The summed E-state index contributed by atoms with van der Waals surface area (Å²) < 4.78 is 5.63. The van der Waals surface area contributed by atoms with E-state index < -0.39 is 0 Å². The van der Waals surface area contributed by atoms with Crippen LogP contribution < -0.4 is 5.32 Å². The van der Waals surface area contributed by atoms with E-state index in [1.54, 1.807) is 0 Å². The van der Waals surface area contributed by atoms with Gasteiger partial charge in [0.1, 0.15) is 0 Å². The molecule has 0 aromatic rings. The first-order valence-corrected chi connectivity index (χ1v) is 5.43. The third kappa shape index (κ3) is 5.58. The van der Waals surface area contributed by atoms with E-state index in [1.165, 1.54) is 0 Å². The SMILES string of the molecule is CCC(C)OCC(C)(CO)NC(C)C. The highest BCUT2D eigenvalue weighted by Gasteiger charge is 2.24. The van der Waals surface area contributed by atoms with Crippen molar-refractivity contribution in [1.29, 1.82) is 0 Å². The Morgan fingerprint density at radius 3 is 2.29 bits per heavy atom. The van der Waals surface area contributed by atoms with Gasteiger partial charge in [-0.3, -0.25) is 0 Å². The third-order valence-electron chi connectivity index (χ3n) is 2.25. The van der Waals surface area contributed by atoms with Gasteiger partial charge in [-0.2, -0.15) is 0 Å². The zero-order valence-corrected chi connectivity index (χ0v) is 10.1. The smallest absolute Gasteiger partial charge is 0.0671 e. The summed E-state index contributed by atoms with van der Waals surface area (Å²) in [5.74, 6) is 0. The first-order valence-electron chi connectivity index (χ1n) is 5.43. The molecule has 0 spiro atoms. The molecule has 2 N–H and O–H groups in total. The number of nitrogens with one attached hydrogen (secondary N) is 1. The van der Waals surface area contributed by atoms with Crippen molar-refractivity contribution < 1.29 is 9.84 Å². The topological polar surface area (TPSA) is 41.5 Å². The van der Waals surface area contributed by atoms with Gasteiger partial charge in [0, 0.05) is 6.04 Å². The molecule has 0 aliphatic carbocycles. The molecule has 3 nitrogen and oxygen atoms in total. The molecule has 14 heavy (non-hydrogen) atoms. The van der Waals surface area contributed by atoms with Crippen LogP contribution in [0.15, 0.2) is 0 Å². The number of aliphatic hydroxyl groups excluding tert-OH is 1. The van der Waals surface area contributed by atoms with Crippen LogP contribution in [0, 0.1) is 0 Å². The van der Waals surface area contributed by atoms with E-state index in [1.807, 2.05) is 13.8 Å². The Kier molecular flexibility index (Phi) is 6.33.